The lowest BCUT2D eigenvalue weighted by molar-refractivity contribution is 0.0901. The second kappa shape index (κ2) is 8.29. The number of hydrogen-bond acceptors (Lipinski definition) is 4. The van der Waals surface area contributed by atoms with E-state index in [9.17, 15) is 17.6 Å². The van der Waals surface area contributed by atoms with Crippen molar-refractivity contribution in [3.05, 3.63) is 71.0 Å². The van der Waals surface area contributed by atoms with Crippen molar-refractivity contribution in [2.24, 2.45) is 0 Å². The summed E-state index contributed by atoms with van der Waals surface area (Å²) in [4.78, 5) is 14.2. The summed E-state index contributed by atoms with van der Waals surface area (Å²) in [5, 5.41) is 0. The molecule has 0 saturated carbocycles. The number of carbonyl (C=O) groups is 1. The quantitative estimate of drug-likeness (QED) is 0.711. The van der Waals surface area contributed by atoms with E-state index in [1.54, 1.807) is 0 Å². The van der Waals surface area contributed by atoms with E-state index in [2.05, 4.69) is 0 Å². The Morgan fingerprint density at radius 3 is 2.26 bits per heavy atom. The number of hydrogen-bond donors (Lipinski definition) is 0. The number of benzene rings is 2. The summed E-state index contributed by atoms with van der Waals surface area (Å²) in [5.74, 6) is -0.473. The lowest BCUT2D eigenvalue weighted by atomic mass is 10.1. The zero-order valence-corrected chi connectivity index (χ0v) is 16.1. The Hall–Kier alpha value is -2.09. The van der Waals surface area contributed by atoms with E-state index < -0.39 is 10.0 Å². The first-order valence-electron chi connectivity index (χ1n) is 8.88. The third kappa shape index (κ3) is 5.00. The summed E-state index contributed by atoms with van der Waals surface area (Å²) in [6.45, 7) is 3.84. The molecule has 1 heterocycles. The van der Waals surface area contributed by atoms with E-state index in [1.807, 2.05) is 36.1 Å². The van der Waals surface area contributed by atoms with Gasteiger partial charge in [-0.1, -0.05) is 24.3 Å². The first-order chi connectivity index (χ1) is 12.8. The van der Waals surface area contributed by atoms with Crippen LogP contribution in [0.2, 0.25) is 0 Å². The molecule has 0 amide bonds. The Kier molecular flexibility index (Phi) is 6.04. The molecule has 0 radical (unpaired) electrons. The smallest absolute Gasteiger partial charge is 0.218 e. The molecule has 0 aliphatic carbocycles. The Morgan fingerprint density at radius 2 is 1.63 bits per heavy atom. The highest BCUT2D eigenvalue weighted by atomic mass is 32.2. The van der Waals surface area contributed by atoms with Gasteiger partial charge < -0.3 is 0 Å². The van der Waals surface area contributed by atoms with Crippen LogP contribution in [0.5, 0.6) is 0 Å². The standard InChI is InChI=1S/C20H23FN2O3S/c1-16-4-2-3-5-18(16)15-27(25,26)23-12-10-22(11-13-23)14-20(24)17-6-8-19(21)9-7-17/h2-9H,10-15H2,1H3. The number of piperazine rings is 1. The minimum Gasteiger partial charge on any atom is -0.293 e. The number of rotatable bonds is 6. The van der Waals surface area contributed by atoms with Gasteiger partial charge in [-0.2, -0.15) is 4.31 Å². The molecule has 2 aromatic rings. The van der Waals surface area contributed by atoms with Crippen molar-refractivity contribution in [3.8, 4) is 0 Å². The molecule has 0 N–H and O–H groups in total. The molecule has 0 unspecified atom stereocenters. The third-order valence-corrected chi connectivity index (χ3v) is 6.68. The van der Waals surface area contributed by atoms with Gasteiger partial charge >= 0.3 is 0 Å². The average Bonchev–Trinajstić information content (AvgIpc) is 2.64. The summed E-state index contributed by atoms with van der Waals surface area (Å²) in [6.07, 6.45) is 0. The van der Waals surface area contributed by atoms with Gasteiger partial charge in [0.15, 0.2) is 5.78 Å². The summed E-state index contributed by atoms with van der Waals surface area (Å²) in [5.41, 5.74) is 2.24. The molecule has 1 saturated heterocycles. The van der Waals surface area contributed by atoms with E-state index in [4.69, 9.17) is 0 Å². The molecule has 1 aliphatic rings. The van der Waals surface area contributed by atoms with E-state index >= 15 is 0 Å². The van der Waals surface area contributed by atoms with E-state index in [-0.39, 0.29) is 23.9 Å². The van der Waals surface area contributed by atoms with Crippen molar-refractivity contribution in [1.29, 1.82) is 0 Å². The Balaban J connectivity index is 1.56. The van der Waals surface area contributed by atoms with Crippen molar-refractivity contribution >= 4 is 15.8 Å². The van der Waals surface area contributed by atoms with Gasteiger partial charge in [-0.15, -0.1) is 0 Å². The summed E-state index contributed by atoms with van der Waals surface area (Å²) in [7, 11) is -3.39. The Morgan fingerprint density at radius 1 is 1.00 bits per heavy atom. The second-order valence-corrected chi connectivity index (χ2v) is 8.76. The number of nitrogens with zero attached hydrogens (tertiary/aromatic N) is 2. The lowest BCUT2D eigenvalue weighted by Crippen LogP contribution is -2.50. The largest absolute Gasteiger partial charge is 0.293 e. The van der Waals surface area contributed by atoms with Crippen LogP contribution in [-0.4, -0.2) is 56.1 Å². The zero-order chi connectivity index (χ0) is 19.4. The van der Waals surface area contributed by atoms with E-state index in [0.717, 1.165) is 11.1 Å². The molecule has 1 aliphatic heterocycles. The van der Waals surface area contributed by atoms with Crippen LogP contribution < -0.4 is 0 Å². The number of Topliss-reactive ketones (excluding diaryl/α,β-unsaturated/α-hetero) is 1. The summed E-state index contributed by atoms with van der Waals surface area (Å²) < 4.78 is 39.8. The number of carbonyl (C=O) groups excluding carboxylic acids is 1. The minimum atomic E-state index is -3.39. The molecular weight excluding hydrogens is 367 g/mol. The van der Waals surface area contributed by atoms with Gasteiger partial charge in [0.1, 0.15) is 5.82 Å². The highest BCUT2D eigenvalue weighted by molar-refractivity contribution is 7.88. The van der Waals surface area contributed by atoms with Crippen molar-refractivity contribution in [1.82, 2.24) is 9.21 Å². The SMILES string of the molecule is Cc1ccccc1CS(=O)(=O)N1CCN(CC(=O)c2ccc(F)cc2)CC1. The molecule has 144 valence electrons. The molecule has 27 heavy (non-hydrogen) atoms. The Labute approximate surface area is 159 Å². The fourth-order valence-electron chi connectivity index (χ4n) is 3.16. The molecule has 0 spiro atoms. The maximum atomic E-state index is 13.0. The van der Waals surface area contributed by atoms with Crippen LogP contribution in [0.1, 0.15) is 21.5 Å². The van der Waals surface area contributed by atoms with Gasteiger partial charge in [-0.25, -0.2) is 12.8 Å². The van der Waals surface area contributed by atoms with Gasteiger partial charge in [0, 0.05) is 31.7 Å². The predicted octanol–water partition coefficient (Wildman–Crippen LogP) is 2.46. The van der Waals surface area contributed by atoms with E-state index in [0.29, 0.717) is 31.7 Å². The molecule has 0 aromatic heterocycles. The van der Waals surface area contributed by atoms with Crippen molar-refractivity contribution in [2.45, 2.75) is 12.7 Å². The van der Waals surface area contributed by atoms with Crippen LogP contribution in [-0.2, 0) is 15.8 Å². The number of aryl methyl sites for hydroxylation is 1. The average molecular weight is 390 g/mol. The molecule has 5 nitrogen and oxygen atoms in total. The van der Waals surface area contributed by atoms with Crippen molar-refractivity contribution < 1.29 is 17.6 Å². The van der Waals surface area contributed by atoms with Crippen LogP contribution >= 0.6 is 0 Å². The highest BCUT2D eigenvalue weighted by Crippen LogP contribution is 2.16. The monoisotopic (exact) mass is 390 g/mol. The van der Waals surface area contributed by atoms with E-state index in [1.165, 1.54) is 28.6 Å². The fourth-order valence-corrected chi connectivity index (χ4v) is 4.77. The summed E-state index contributed by atoms with van der Waals surface area (Å²) in [6, 6.07) is 13.0. The molecular formula is C20H23FN2O3S. The van der Waals surface area contributed by atoms with Gasteiger partial charge in [0.25, 0.3) is 0 Å². The fraction of sp³-hybridized carbons (Fsp3) is 0.350. The van der Waals surface area contributed by atoms with Gasteiger partial charge in [0.2, 0.25) is 10.0 Å². The zero-order valence-electron chi connectivity index (χ0n) is 15.3. The predicted molar refractivity (Wildman–Crippen MR) is 103 cm³/mol. The van der Waals surface area contributed by atoms with Crippen molar-refractivity contribution in [3.63, 3.8) is 0 Å². The first-order valence-corrected chi connectivity index (χ1v) is 10.5. The molecule has 2 aromatic carbocycles. The maximum Gasteiger partial charge on any atom is 0.218 e. The number of sulfonamides is 1. The van der Waals surface area contributed by atoms with Crippen LogP contribution in [0, 0.1) is 12.7 Å². The normalized spacial score (nSPS) is 16.4. The molecule has 1 fully saturated rings. The Bertz CT molecular complexity index is 905. The number of halogens is 1. The van der Waals surface area contributed by atoms with Crippen LogP contribution in [0.4, 0.5) is 4.39 Å². The van der Waals surface area contributed by atoms with Gasteiger partial charge in [-0.05, 0) is 42.3 Å². The summed E-state index contributed by atoms with van der Waals surface area (Å²) >= 11 is 0. The third-order valence-electron chi connectivity index (χ3n) is 4.86. The van der Waals surface area contributed by atoms with Crippen LogP contribution in [0.25, 0.3) is 0 Å². The molecule has 0 bridgehead atoms. The van der Waals surface area contributed by atoms with Gasteiger partial charge in [0.05, 0.1) is 12.3 Å². The second-order valence-electron chi connectivity index (χ2n) is 6.79. The van der Waals surface area contributed by atoms with Crippen LogP contribution in [0.3, 0.4) is 0 Å². The highest BCUT2D eigenvalue weighted by Gasteiger charge is 2.28. The maximum absolute atomic E-state index is 13.0. The van der Waals surface area contributed by atoms with Crippen LogP contribution in [0.15, 0.2) is 48.5 Å². The molecule has 7 heteroatoms. The first kappa shape index (κ1) is 19.7. The van der Waals surface area contributed by atoms with Crippen molar-refractivity contribution in [2.75, 3.05) is 32.7 Å². The molecule has 3 rings (SSSR count). The lowest BCUT2D eigenvalue weighted by Gasteiger charge is -2.33. The van der Waals surface area contributed by atoms with Gasteiger partial charge in [-0.3, -0.25) is 9.69 Å². The number of ketones is 1. The molecule has 0 atom stereocenters. The topological polar surface area (TPSA) is 57.7 Å². The minimum absolute atomic E-state index is 0.00577.